The van der Waals surface area contributed by atoms with Gasteiger partial charge in [-0.2, -0.15) is 18.4 Å². The standard InChI is InChI=1S/C22H18F3N3O/c1-13-5-10-17-18(12-26)20(28(19(17)11-13)16-3-2-4-16)14-6-8-15(9-7-14)27-21(29)22(23,24)25/h5-11,16H,2-4H2,1H3,(H,27,29). The van der Waals surface area contributed by atoms with Crippen molar-refractivity contribution < 1.29 is 18.0 Å². The van der Waals surface area contributed by atoms with E-state index in [9.17, 15) is 23.2 Å². The molecule has 0 spiro atoms. The molecular weight excluding hydrogens is 379 g/mol. The second-order valence-corrected chi connectivity index (χ2v) is 7.34. The van der Waals surface area contributed by atoms with E-state index in [2.05, 4.69) is 16.7 Å². The van der Waals surface area contributed by atoms with Gasteiger partial charge in [0.25, 0.3) is 0 Å². The van der Waals surface area contributed by atoms with Crippen LogP contribution in [-0.4, -0.2) is 16.7 Å². The number of hydrogen-bond acceptors (Lipinski definition) is 2. The monoisotopic (exact) mass is 397 g/mol. The summed E-state index contributed by atoms with van der Waals surface area (Å²) in [6, 6.07) is 14.7. The van der Waals surface area contributed by atoms with Crippen LogP contribution in [0.15, 0.2) is 42.5 Å². The van der Waals surface area contributed by atoms with Gasteiger partial charge in [-0.15, -0.1) is 0 Å². The van der Waals surface area contributed by atoms with Crippen molar-refractivity contribution in [3.05, 3.63) is 53.6 Å². The number of anilines is 1. The molecule has 1 saturated carbocycles. The van der Waals surface area contributed by atoms with E-state index >= 15 is 0 Å². The lowest BCUT2D eigenvalue weighted by Crippen LogP contribution is -2.29. The molecule has 0 aliphatic heterocycles. The van der Waals surface area contributed by atoms with Crippen molar-refractivity contribution in [3.8, 4) is 17.3 Å². The number of fused-ring (bicyclic) bond motifs is 1. The van der Waals surface area contributed by atoms with Gasteiger partial charge >= 0.3 is 12.1 Å². The highest BCUT2D eigenvalue weighted by molar-refractivity contribution is 5.97. The number of halogens is 3. The molecule has 1 amide bonds. The predicted molar refractivity (Wildman–Crippen MR) is 104 cm³/mol. The Balaban J connectivity index is 1.81. The summed E-state index contributed by atoms with van der Waals surface area (Å²) < 4.78 is 39.6. The number of nitrogens with zero attached hydrogens (tertiary/aromatic N) is 2. The van der Waals surface area contributed by atoms with Crippen LogP contribution < -0.4 is 5.32 Å². The number of aromatic nitrogens is 1. The molecule has 148 valence electrons. The number of rotatable bonds is 3. The van der Waals surface area contributed by atoms with E-state index in [4.69, 9.17) is 0 Å². The van der Waals surface area contributed by atoms with Crippen molar-refractivity contribution in [2.24, 2.45) is 0 Å². The van der Waals surface area contributed by atoms with Crippen LogP contribution in [0.2, 0.25) is 0 Å². The molecule has 3 aromatic rings. The Bertz CT molecular complexity index is 1130. The summed E-state index contributed by atoms with van der Waals surface area (Å²) in [6.45, 7) is 2.00. The Morgan fingerprint density at radius 2 is 1.86 bits per heavy atom. The highest BCUT2D eigenvalue weighted by Crippen LogP contribution is 2.42. The summed E-state index contributed by atoms with van der Waals surface area (Å²) in [4.78, 5) is 11.1. The first-order chi connectivity index (χ1) is 13.8. The smallest absolute Gasteiger partial charge is 0.336 e. The molecular formula is C22H18F3N3O. The lowest BCUT2D eigenvalue weighted by atomic mass is 9.92. The van der Waals surface area contributed by atoms with Crippen molar-refractivity contribution >= 4 is 22.5 Å². The maximum Gasteiger partial charge on any atom is 0.471 e. The Hall–Kier alpha value is -3.27. The largest absolute Gasteiger partial charge is 0.471 e. The number of nitrogens with one attached hydrogen (secondary N) is 1. The fourth-order valence-corrected chi connectivity index (χ4v) is 3.76. The number of nitriles is 1. The van der Waals surface area contributed by atoms with E-state index in [1.54, 1.807) is 12.1 Å². The van der Waals surface area contributed by atoms with Crippen LogP contribution in [0, 0.1) is 18.3 Å². The second-order valence-electron chi connectivity index (χ2n) is 7.34. The molecule has 0 bridgehead atoms. The first-order valence-corrected chi connectivity index (χ1v) is 9.33. The van der Waals surface area contributed by atoms with Crippen LogP contribution in [0.1, 0.15) is 36.4 Å². The first-order valence-electron chi connectivity index (χ1n) is 9.33. The van der Waals surface area contributed by atoms with Gasteiger partial charge in [0.1, 0.15) is 6.07 Å². The Kier molecular flexibility index (Phi) is 4.58. The normalized spacial score (nSPS) is 14.4. The van der Waals surface area contributed by atoms with Gasteiger partial charge in [0.2, 0.25) is 0 Å². The minimum atomic E-state index is -4.94. The average molecular weight is 397 g/mol. The van der Waals surface area contributed by atoms with Gasteiger partial charge in [0.05, 0.1) is 16.8 Å². The molecule has 2 aromatic carbocycles. The SMILES string of the molecule is Cc1ccc2c(C#N)c(-c3ccc(NC(=O)C(F)(F)F)cc3)n(C3CCC3)c2c1. The zero-order chi connectivity index (χ0) is 20.8. The number of hydrogen-bond donors (Lipinski definition) is 1. The Labute approximate surface area is 165 Å². The maximum absolute atomic E-state index is 12.5. The molecule has 0 unspecified atom stereocenters. The Morgan fingerprint density at radius 1 is 1.17 bits per heavy atom. The number of carbonyl (C=O) groups excluding carboxylic acids is 1. The molecule has 29 heavy (non-hydrogen) atoms. The van der Waals surface area contributed by atoms with Gasteiger partial charge in [-0.3, -0.25) is 4.79 Å². The van der Waals surface area contributed by atoms with Crippen molar-refractivity contribution in [2.75, 3.05) is 5.32 Å². The van der Waals surface area contributed by atoms with Gasteiger partial charge in [0, 0.05) is 17.1 Å². The van der Waals surface area contributed by atoms with Gasteiger partial charge in [-0.1, -0.05) is 24.3 Å². The summed E-state index contributed by atoms with van der Waals surface area (Å²) in [5, 5.41) is 12.6. The van der Waals surface area contributed by atoms with Crippen LogP contribution in [0.3, 0.4) is 0 Å². The number of aryl methyl sites for hydroxylation is 1. The summed E-state index contributed by atoms with van der Waals surface area (Å²) in [7, 11) is 0. The first kappa shape index (κ1) is 19.1. The third-order valence-electron chi connectivity index (χ3n) is 5.39. The van der Waals surface area contributed by atoms with E-state index in [0.29, 0.717) is 11.6 Å². The summed E-state index contributed by atoms with van der Waals surface area (Å²) in [6.07, 6.45) is -1.77. The van der Waals surface area contributed by atoms with E-state index < -0.39 is 12.1 Å². The van der Waals surface area contributed by atoms with Crippen LogP contribution in [0.25, 0.3) is 22.2 Å². The van der Waals surface area contributed by atoms with Gasteiger partial charge in [-0.05, 0) is 55.5 Å². The zero-order valence-electron chi connectivity index (χ0n) is 15.7. The highest BCUT2D eigenvalue weighted by Gasteiger charge is 2.38. The van der Waals surface area contributed by atoms with E-state index in [0.717, 1.165) is 47.0 Å². The lowest BCUT2D eigenvalue weighted by molar-refractivity contribution is -0.167. The summed E-state index contributed by atoms with van der Waals surface area (Å²) in [5.74, 6) is -2.01. The topological polar surface area (TPSA) is 57.8 Å². The van der Waals surface area contributed by atoms with Gasteiger partial charge in [0.15, 0.2) is 0 Å². The predicted octanol–water partition coefficient (Wildman–Crippen LogP) is 5.71. The molecule has 0 atom stereocenters. The zero-order valence-corrected chi connectivity index (χ0v) is 15.7. The van der Waals surface area contributed by atoms with E-state index in [-0.39, 0.29) is 5.69 Å². The molecule has 4 nitrogen and oxygen atoms in total. The molecule has 1 heterocycles. The number of alkyl halides is 3. The quantitative estimate of drug-likeness (QED) is 0.615. The fourth-order valence-electron chi connectivity index (χ4n) is 3.76. The maximum atomic E-state index is 12.5. The molecule has 0 radical (unpaired) electrons. The molecule has 4 rings (SSSR count). The number of benzene rings is 2. The lowest BCUT2D eigenvalue weighted by Gasteiger charge is -2.30. The van der Waals surface area contributed by atoms with Crippen LogP contribution >= 0.6 is 0 Å². The third-order valence-corrected chi connectivity index (χ3v) is 5.39. The molecule has 0 saturated heterocycles. The van der Waals surface area contributed by atoms with Crippen LogP contribution in [0.4, 0.5) is 18.9 Å². The fraction of sp³-hybridized carbons (Fsp3) is 0.273. The van der Waals surface area contributed by atoms with Gasteiger partial charge in [-0.25, -0.2) is 0 Å². The van der Waals surface area contributed by atoms with Crippen molar-refractivity contribution in [1.82, 2.24) is 4.57 Å². The van der Waals surface area contributed by atoms with E-state index in [1.165, 1.54) is 12.1 Å². The van der Waals surface area contributed by atoms with Crippen molar-refractivity contribution in [3.63, 3.8) is 0 Å². The summed E-state index contributed by atoms with van der Waals surface area (Å²) in [5.41, 5.74) is 4.20. The van der Waals surface area contributed by atoms with Crippen LogP contribution in [-0.2, 0) is 4.79 Å². The van der Waals surface area contributed by atoms with Gasteiger partial charge < -0.3 is 9.88 Å². The third kappa shape index (κ3) is 3.35. The molecule has 1 fully saturated rings. The number of amides is 1. The molecule has 7 heteroatoms. The Morgan fingerprint density at radius 3 is 2.41 bits per heavy atom. The summed E-state index contributed by atoms with van der Waals surface area (Å²) >= 11 is 0. The molecule has 1 N–H and O–H groups in total. The second kappa shape index (κ2) is 6.96. The highest BCUT2D eigenvalue weighted by atomic mass is 19.4. The molecule has 1 aliphatic rings. The van der Waals surface area contributed by atoms with Crippen molar-refractivity contribution in [2.45, 2.75) is 38.4 Å². The molecule has 1 aliphatic carbocycles. The minimum Gasteiger partial charge on any atom is -0.336 e. The van der Waals surface area contributed by atoms with Crippen molar-refractivity contribution in [1.29, 1.82) is 5.26 Å². The van der Waals surface area contributed by atoms with Crippen LogP contribution in [0.5, 0.6) is 0 Å². The minimum absolute atomic E-state index is 0.0525. The van der Waals surface area contributed by atoms with E-state index in [1.807, 2.05) is 24.4 Å². The number of carbonyl (C=O) groups is 1. The average Bonchev–Trinajstić information content (AvgIpc) is 2.93. The molecule has 1 aromatic heterocycles.